The van der Waals surface area contributed by atoms with Gasteiger partial charge < -0.3 is 15.7 Å². The predicted molar refractivity (Wildman–Crippen MR) is 121 cm³/mol. The number of hydrogen-bond acceptors (Lipinski definition) is 5. The first-order valence-corrected chi connectivity index (χ1v) is 11.1. The van der Waals surface area contributed by atoms with Gasteiger partial charge in [0.1, 0.15) is 17.1 Å². The van der Waals surface area contributed by atoms with E-state index in [4.69, 9.17) is 23.2 Å². The van der Waals surface area contributed by atoms with Gasteiger partial charge in [0, 0.05) is 17.0 Å². The lowest BCUT2D eigenvalue weighted by molar-refractivity contribution is -0.149. The van der Waals surface area contributed by atoms with Crippen molar-refractivity contribution in [2.24, 2.45) is 0 Å². The van der Waals surface area contributed by atoms with Crippen LogP contribution in [0.15, 0.2) is 59.8 Å². The van der Waals surface area contributed by atoms with Crippen LogP contribution in [0.5, 0.6) is 0 Å². The Bertz CT molecular complexity index is 1170. The van der Waals surface area contributed by atoms with E-state index in [-0.39, 0.29) is 32.6 Å². The quantitative estimate of drug-likeness (QED) is 0.553. The normalized spacial score (nSPS) is 19.7. The van der Waals surface area contributed by atoms with E-state index in [2.05, 4.69) is 10.6 Å². The largest absolute Gasteiger partial charge is 0.477 e. The Morgan fingerprint density at radius 3 is 2.41 bits per heavy atom. The average Bonchev–Trinajstić information content (AvgIpc) is 2.78. The van der Waals surface area contributed by atoms with Gasteiger partial charge in [0.2, 0.25) is 0 Å². The van der Waals surface area contributed by atoms with Crippen molar-refractivity contribution in [1.29, 1.82) is 0 Å². The van der Waals surface area contributed by atoms with Gasteiger partial charge >= 0.3 is 5.97 Å². The van der Waals surface area contributed by atoms with E-state index >= 15 is 0 Å². The number of β-lactam (4-membered cyclic amide) rings is 1. The van der Waals surface area contributed by atoms with Crippen molar-refractivity contribution >= 4 is 64.3 Å². The number of nitrogens with zero attached hydrogens (tertiary/aromatic N) is 1. The van der Waals surface area contributed by atoms with E-state index in [1.165, 1.54) is 30.0 Å². The Morgan fingerprint density at radius 2 is 1.75 bits per heavy atom. The summed E-state index contributed by atoms with van der Waals surface area (Å²) in [5.74, 6) is -3.09. The predicted octanol–water partition coefficient (Wildman–Crippen LogP) is 2.98. The molecule has 2 aromatic carbocycles. The monoisotopic (exact) mass is 491 g/mol. The van der Waals surface area contributed by atoms with Crippen LogP contribution in [0.4, 0.5) is 5.69 Å². The van der Waals surface area contributed by atoms with Gasteiger partial charge in [-0.1, -0.05) is 41.4 Å². The van der Waals surface area contributed by atoms with Crippen molar-refractivity contribution in [1.82, 2.24) is 10.2 Å². The number of carboxylic acids is 1. The van der Waals surface area contributed by atoms with E-state index in [1.54, 1.807) is 30.3 Å². The molecule has 0 bridgehead atoms. The standard InChI is InChI=1S/C21H15Cl2N3O5S/c22-13-7-6-10(8-14(13)23)17(27)25-15-19(29)26-16(21(30)31)12(9-32-20(15)26)18(28)24-11-4-2-1-3-5-11/h1-8,15,20H,9H2,(H,24,28)(H,25,27)(H,30,31)/t15?,20-/m1/s1. The van der Waals surface area contributed by atoms with Gasteiger partial charge in [-0.2, -0.15) is 0 Å². The van der Waals surface area contributed by atoms with Crippen LogP contribution in [0.25, 0.3) is 0 Å². The molecule has 4 rings (SSSR count). The van der Waals surface area contributed by atoms with Crippen LogP contribution in [0.3, 0.4) is 0 Å². The van der Waals surface area contributed by atoms with Crippen LogP contribution >= 0.6 is 35.0 Å². The van der Waals surface area contributed by atoms with E-state index in [1.807, 2.05) is 0 Å². The number of carboxylic acid groups (broad SMARTS) is 1. The lowest BCUT2D eigenvalue weighted by atomic mass is 10.0. The van der Waals surface area contributed by atoms with Crippen LogP contribution in [0, 0.1) is 0 Å². The molecule has 2 aliphatic heterocycles. The van der Waals surface area contributed by atoms with Crippen molar-refractivity contribution in [3.05, 3.63) is 75.4 Å². The molecule has 32 heavy (non-hydrogen) atoms. The van der Waals surface area contributed by atoms with E-state index in [0.717, 1.165) is 4.90 Å². The van der Waals surface area contributed by atoms with Gasteiger partial charge in [-0.05, 0) is 30.3 Å². The zero-order valence-corrected chi connectivity index (χ0v) is 18.5. The molecule has 2 heterocycles. The SMILES string of the molecule is O=C(O)C1=C(C(=O)Nc2ccccc2)CS[C@@H]2C(NC(=O)c3ccc(Cl)c(Cl)c3)C(=O)N12. The van der Waals surface area contributed by atoms with Crippen LogP contribution < -0.4 is 10.6 Å². The van der Waals surface area contributed by atoms with Gasteiger partial charge in [-0.25, -0.2) is 4.79 Å². The van der Waals surface area contributed by atoms with Crippen LogP contribution in [-0.2, 0) is 14.4 Å². The van der Waals surface area contributed by atoms with Gasteiger partial charge in [-0.3, -0.25) is 19.3 Å². The number of para-hydroxylation sites is 1. The zero-order chi connectivity index (χ0) is 23.0. The summed E-state index contributed by atoms with van der Waals surface area (Å²) in [5.41, 5.74) is 0.310. The molecule has 1 fully saturated rings. The van der Waals surface area contributed by atoms with Gasteiger partial charge in [0.15, 0.2) is 0 Å². The summed E-state index contributed by atoms with van der Waals surface area (Å²) in [7, 11) is 0. The van der Waals surface area contributed by atoms with E-state index in [0.29, 0.717) is 5.69 Å². The molecular formula is C21H15Cl2N3O5S. The number of fused-ring (bicyclic) bond motifs is 1. The Balaban J connectivity index is 1.53. The summed E-state index contributed by atoms with van der Waals surface area (Å²) in [6, 6.07) is 11.9. The van der Waals surface area contributed by atoms with Gasteiger partial charge in [0.25, 0.3) is 17.7 Å². The third-order valence-electron chi connectivity index (χ3n) is 4.95. The highest BCUT2D eigenvalue weighted by Crippen LogP contribution is 2.40. The fourth-order valence-corrected chi connectivity index (χ4v) is 5.02. The second-order valence-electron chi connectivity index (χ2n) is 6.94. The number of aliphatic carboxylic acids is 1. The van der Waals surface area contributed by atoms with E-state index in [9.17, 15) is 24.3 Å². The van der Waals surface area contributed by atoms with Crippen LogP contribution in [0.2, 0.25) is 10.0 Å². The number of benzene rings is 2. The molecule has 3 N–H and O–H groups in total. The summed E-state index contributed by atoms with van der Waals surface area (Å²) in [5, 5.41) is 14.8. The molecule has 2 atom stereocenters. The molecule has 1 saturated heterocycles. The molecule has 2 aliphatic rings. The summed E-state index contributed by atoms with van der Waals surface area (Å²) in [6.45, 7) is 0. The average molecular weight is 492 g/mol. The third-order valence-corrected chi connectivity index (χ3v) is 6.96. The summed E-state index contributed by atoms with van der Waals surface area (Å²) in [6.07, 6.45) is 0. The first kappa shape index (κ1) is 22.2. The zero-order valence-electron chi connectivity index (χ0n) is 16.2. The molecule has 2 aromatic rings. The molecule has 8 nitrogen and oxygen atoms in total. The molecule has 1 unspecified atom stereocenters. The molecular weight excluding hydrogens is 477 g/mol. The fourth-order valence-electron chi connectivity index (χ4n) is 3.38. The first-order valence-electron chi connectivity index (χ1n) is 9.31. The number of rotatable bonds is 5. The first-order chi connectivity index (χ1) is 15.3. The molecule has 3 amide bonds. The van der Waals surface area contributed by atoms with Crippen molar-refractivity contribution in [3.63, 3.8) is 0 Å². The van der Waals surface area contributed by atoms with Crippen molar-refractivity contribution < 1.29 is 24.3 Å². The Labute approximate surface area is 196 Å². The summed E-state index contributed by atoms with van der Waals surface area (Å²) < 4.78 is 0. The van der Waals surface area contributed by atoms with Gasteiger partial charge in [-0.15, -0.1) is 11.8 Å². The number of nitrogens with one attached hydrogen (secondary N) is 2. The molecule has 0 aromatic heterocycles. The highest BCUT2D eigenvalue weighted by Gasteiger charge is 2.55. The Hall–Kier alpha value is -3.01. The number of carbonyl (C=O) groups excluding carboxylic acids is 3. The molecule has 0 spiro atoms. The fraction of sp³-hybridized carbons (Fsp3) is 0.143. The minimum Gasteiger partial charge on any atom is -0.477 e. The third kappa shape index (κ3) is 4.06. The maximum absolute atomic E-state index is 12.7. The highest BCUT2D eigenvalue weighted by atomic mass is 35.5. The lowest BCUT2D eigenvalue weighted by Gasteiger charge is -2.49. The molecule has 0 saturated carbocycles. The highest BCUT2D eigenvalue weighted by molar-refractivity contribution is 8.00. The van der Waals surface area contributed by atoms with Crippen molar-refractivity contribution in [2.45, 2.75) is 11.4 Å². The molecule has 0 aliphatic carbocycles. The van der Waals surface area contributed by atoms with Gasteiger partial charge in [0.05, 0.1) is 15.6 Å². The summed E-state index contributed by atoms with van der Waals surface area (Å²) >= 11 is 13.0. The topological polar surface area (TPSA) is 116 Å². The second-order valence-corrected chi connectivity index (χ2v) is 8.86. The minimum atomic E-state index is -1.39. The summed E-state index contributed by atoms with van der Waals surface area (Å²) in [4.78, 5) is 50.9. The lowest BCUT2D eigenvalue weighted by Crippen LogP contribution is -2.70. The van der Waals surface area contributed by atoms with Crippen LogP contribution in [-0.4, -0.2) is 50.9 Å². The smallest absolute Gasteiger partial charge is 0.353 e. The number of hydrogen-bond donors (Lipinski definition) is 3. The number of amides is 3. The van der Waals surface area contributed by atoms with Crippen LogP contribution in [0.1, 0.15) is 10.4 Å². The number of carbonyl (C=O) groups is 4. The minimum absolute atomic E-state index is 0.0230. The number of halogens is 2. The Kier molecular flexibility index (Phi) is 6.14. The van der Waals surface area contributed by atoms with Crippen molar-refractivity contribution in [2.75, 3.05) is 11.1 Å². The molecule has 11 heteroatoms. The maximum Gasteiger partial charge on any atom is 0.353 e. The number of anilines is 1. The molecule has 164 valence electrons. The van der Waals surface area contributed by atoms with E-state index < -0.39 is 35.1 Å². The maximum atomic E-state index is 12.7. The van der Waals surface area contributed by atoms with Crippen molar-refractivity contribution in [3.8, 4) is 0 Å². The molecule has 0 radical (unpaired) electrons. The Morgan fingerprint density at radius 1 is 1.03 bits per heavy atom. The number of thioether (sulfide) groups is 1. The second kappa shape index (κ2) is 8.85.